The smallest absolute Gasteiger partial charge is 0.330 e. The molecule has 1 unspecified atom stereocenters. The van der Waals surface area contributed by atoms with Crippen molar-refractivity contribution in [2.24, 2.45) is 0 Å². The number of hydrogen-bond donors (Lipinski definition) is 1. The van der Waals surface area contributed by atoms with Crippen LogP contribution in [0.4, 0.5) is 0 Å². The van der Waals surface area contributed by atoms with Crippen LogP contribution in [-0.4, -0.2) is 22.3 Å². The molecule has 1 N–H and O–H groups in total. The zero-order valence-corrected chi connectivity index (χ0v) is 11.5. The molecule has 21 heavy (non-hydrogen) atoms. The van der Waals surface area contributed by atoms with Crippen LogP contribution in [0.1, 0.15) is 11.3 Å². The SMILES string of the molecule is O=c1cc2n(c(=O)[nH]1)COC(COCc1ccccc1)C2. The maximum Gasteiger partial charge on any atom is 0.330 e. The van der Waals surface area contributed by atoms with Crippen molar-refractivity contribution in [3.8, 4) is 0 Å². The summed E-state index contributed by atoms with van der Waals surface area (Å²) in [6.45, 7) is 1.09. The number of nitrogens with zero attached hydrogens (tertiary/aromatic N) is 1. The Hall–Kier alpha value is -2.18. The molecule has 0 saturated carbocycles. The Morgan fingerprint density at radius 2 is 2.10 bits per heavy atom. The largest absolute Gasteiger partial charge is 0.374 e. The molecule has 1 aromatic carbocycles. The number of benzene rings is 1. The molecule has 1 aromatic heterocycles. The number of ether oxygens (including phenoxy) is 2. The first-order valence-corrected chi connectivity index (χ1v) is 6.79. The average Bonchev–Trinajstić information content (AvgIpc) is 2.48. The number of fused-ring (bicyclic) bond motifs is 1. The van der Waals surface area contributed by atoms with Gasteiger partial charge in [0.15, 0.2) is 0 Å². The standard InChI is InChI=1S/C15H16N2O4/c18-14-7-12-6-13(21-10-17(12)15(19)16-14)9-20-8-11-4-2-1-3-5-11/h1-5,7,13H,6,8-10H2,(H,16,18,19). The van der Waals surface area contributed by atoms with Crippen molar-refractivity contribution in [3.05, 3.63) is 68.5 Å². The summed E-state index contributed by atoms with van der Waals surface area (Å²) in [6, 6.07) is 11.3. The van der Waals surface area contributed by atoms with Crippen molar-refractivity contribution in [2.75, 3.05) is 6.61 Å². The van der Waals surface area contributed by atoms with E-state index in [4.69, 9.17) is 9.47 Å². The fourth-order valence-corrected chi connectivity index (χ4v) is 2.34. The van der Waals surface area contributed by atoms with Crippen LogP contribution in [-0.2, 0) is 29.2 Å². The van der Waals surface area contributed by atoms with Crippen molar-refractivity contribution < 1.29 is 9.47 Å². The van der Waals surface area contributed by atoms with Gasteiger partial charge in [-0.05, 0) is 5.56 Å². The fraction of sp³-hybridized carbons (Fsp3) is 0.333. The quantitative estimate of drug-likeness (QED) is 0.896. The van der Waals surface area contributed by atoms with Crippen molar-refractivity contribution >= 4 is 0 Å². The Labute approximate surface area is 121 Å². The Morgan fingerprint density at radius 3 is 2.90 bits per heavy atom. The average molecular weight is 288 g/mol. The monoisotopic (exact) mass is 288 g/mol. The molecule has 1 aliphatic rings. The first-order valence-electron chi connectivity index (χ1n) is 6.79. The van der Waals surface area contributed by atoms with Gasteiger partial charge in [0.05, 0.1) is 19.3 Å². The first-order chi connectivity index (χ1) is 10.2. The van der Waals surface area contributed by atoms with E-state index >= 15 is 0 Å². The second-order valence-corrected chi connectivity index (χ2v) is 4.98. The number of hydrogen-bond acceptors (Lipinski definition) is 4. The topological polar surface area (TPSA) is 73.3 Å². The summed E-state index contributed by atoms with van der Waals surface area (Å²) in [4.78, 5) is 25.1. The Balaban J connectivity index is 1.59. The van der Waals surface area contributed by atoms with Crippen molar-refractivity contribution in [3.63, 3.8) is 0 Å². The summed E-state index contributed by atoms with van der Waals surface area (Å²) < 4.78 is 12.6. The lowest BCUT2D eigenvalue weighted by molar-refractivity contribution is -0.0654. The van der Waals surface area contributed by atoms with Gasteiger partial charge in [0.2, 0.25) is 0 Å². The van der Waals surface area contributed by atoms with E-state index in [9.17, 15) is 9.59 Å². The zero-order chi connectivity index (χ0) is 14.7. The van der Waals surface area contributed by atoms with Gasteiger partial charge >= 0.3 is 5.69 Å². The van der Waals surface area contributed by atoms with Crippen LogP contribution in [0.25, 0.3) is 0 Å². The van der Waals surface area contributed by atoms with E-state index in [0.29, 0.717) is 25.3 Å². The molecule has 6 heteroatoms. The minimum absolute atomic E-state index is 0.143. The van der Waals surface area contributed by atoms with Crippen LogP contribution < -0.4 is 11.2 Å². The third-order valence-corrected chi connectivity index (χ3v) is 3.41. The van der Waals surface area contributed by atoms with Gasteiger partial charge in [0, 0.05) is 18.2 Å². The minimum atomic E-state index is -0.429. The molecule has 0 spiro atoms. The lowest BCUT2D eigenvalue weighted by Gasteiger charge is -2.25. The van der Waals surface area contributed by atoms with E-state index in [1.807, 2.05) is 30.3 Å². The molecule has 0 fully saturated rings. The van der Waals surface area contributed by atoms with Crippen LogP contribution >= 0.6 is 0 Å². The van der Waals surface area contributed by atoms with Gasteiger partial charge in [-0.15, -0.1) is 0 Å². The number of nitrogens with one attached hydrogen (secondary N) is 1. The second-order valence-electron chi connectivity index (χ2n) is 4.98. The van der Waals surface area contributed by atoms with Crippen LogP contribution in [0.15, 0.2) is 46.0 Å². The van der Waals surface area contributed by atoms with Gasteiger partial charge in [-0.3, -0.25) is 14.3 Å². The van der Waals surface area contributed by atoms with Crippen molar-refractivity contribution in [1.82, 2.24) is 9.55 Å². The molecule has 1 aliphatic heterocycles. The van der Waals surface area contributed by atoms with Gasteiger partial charge in [0.25, 0.3) is 5.56 Å². The van der Waals surface area contributed by atoms with Crippen LogP contribution in [0, 0.1) is 0 Å². The van der Waals surface area contributed by atoms with E-state index < -0.39 is 5.69 Å². The Kier molecular flexibility index (Phi) is 3.98. The highest BCUT2D eigenvalue weighted by Crippen LogP contribution is 2.11. The van der Waals surface area contributed by atoms with Gasteiger partial charge in [-0.2, -0.15) is 0 Å². The van der Waals surface area contributed by atoms with E-state index in [-0.39, 0.29) is 18.4 Å². The molecule has 0 radical (unpaired) electrons. The molecule has 2 aromatic rings. The molecular weight excluding hydrogens is 272 g/mol. The summed E-state index contributed by atoms with van der Waals surface area (Å²) in [5, 5.41) is 0. The Morgan fingerprint density at radius 1 is 1.29 bits per heavy atom. The molecule has 2 heterocycles. The number of aromatic amines is 1. The van der Waals surface area contributed by atoms with E-state index in [2.05, 4.69) is 4.98 Å². The van der Waals surface area contributed by atoms with Gasteiger partial charge < -0.3 is 9.47 Å². The van der Waals surface area contributed by atoms with Gasteiger partial charge in [-0.25, -0.2) is 4.79 Å². The predicted molar refractivity (Wildman–Crippen MR) is 76.0 cm³/mol. The molecule has 0 bridgehead atoms. The Bertz CT molecular complexity index is 720. The molecular formula is C15H16N2O4. The molecule has 6 nitrogen and oxygen atoms in total. The van der Waals surface area contributed by atoms with Crippen molar-refractivity contribution in [1.29, 1.82) is 0 Å². The lowest BCUT2D eigenvalue weighted by Crippen LogP contribution is -2.40. The highest BCUT2D eigenvalue weighted by Gasteiger charge is 2.20. The maximum absolute atomic E-state index is 11.6. The molecule has 0 amide bonds. The third kappa shape index (κ3) is 3.29. The first kappa shape index (κ1) is 13.8. The number of aromatic nitrogens is 2. The maximum atomic E-state index is 11.6. The predicted octanol–water partition coefficient (Wildman–Crippen LogP) is 0.652. The van der Waals surface area contributed by atoms with Crippen LogP contribution in [0.5, 0.6) is 0 Å². The number of rotatable bonds is 4. The van der Waals surface area contributed by atoms with Gasteiger partial charge in [0.1, 0.15) is 6.73 Å². The van der Waals surface area contributed by atoms with E-state index in [1.54, 1.807) is 0 Å². The highest BCUT2D eigenvalue weighted by atomic mass is 16.5. The summed E-state index contributed by atoms with van der Waals surface area (Å²) >= 11 is 0. The minimum Gasteiger partial charge on any atom is -0.374 e. The van der Waals surface area contributed by atoms with Crippen LogP contribution in [0.3, 0.4) is 0 Å². The van der Waals surface area contributed by atoms with E-state index in [0.717, 1.165) is 5.56 Å². The molecule has 0 saturated heterocycles. The van der Waals surface area contributed by atoms with Crippen LogP contribution in [0.2, 0.25) is 0 Å². The van der Waals surface area contributed by atoms with E-state index in [1.165, 1.54) is 10.6 Å². The molecule has 1 atom stereocenters. The summed E-state index contributed by atoms with van der Waals surface area (Å²) in [5.74, 6) is 0. The fourth-order valence-electron chi connectivity index (χ4n) is 2.34. The zero-order valence-electron chi connectivity index (χ0n) is 11.5. The van der Waals surface area contributed by atoms with Gasteiger partial charge in [-0.1, -0.05) is 30.3 Å². The molecule has 0 aliphatic carbocycles. The molecule has 110 valence electrons. The van der Waals surface area contributed by atoms with Crippen molar-refractivity contribution in [2.45, 2.75) is 25.9 Å². The highest BCUT2D eigenvalue weighted by molar-refractivity contribution is 5.13. The summed E-state index contributed by atoms with van der Waals surface area (Å²) in [5.41, 5.74) is 0.975. The molecule has 3 rings (SSSR count). The summed E-state index contributed by atoms with van der Waals surface area (Å²) in [7, 11) is 0. The number of H-pyrrole nitrogens is 1. The summed E-state index contributed by atoms with van der Waals surface area (Å²) in [6.07, 6.45) is 0.350. The lowest BCUT2D eigenvalue weighted by atomic mass is 10.1. The second kappa shape index (κ2) is 6.07. The third-order valence-electron chi connectivity index (χ3n) is 3.41. The normalized spacial score (nSPS) is 17.4.